The van der Waals surface area contributed by atoms with E-state index in [0.29, 0.717) is 5.75 Å². The summed E-state index contributed by atoms with van der Waals surface area (Å²) in [6.07, 6.45) is 6.80. The summed E-state index contributed by atoms with van der Waals surface area (Å²) in [4.78, 5) is 15.0. The van der Waals surface area contributed by atoms with Crippen LogP contribution in [0.1, 0.15) is 28.4 Å². The molecule has 5 rings (SSSR count). The molecular formula is C23H22N4OS. The molecule has 3 heterocycles. The molecule has 4 aromatic rings. The second-order valence-electron chi connectivity index (χ2n) is 7.36. The van der Waals surface area contributed by atoms with Gasteiger partial charge in [-0.15, -0.1) is 0 Å². The van der Waals surface area contributed by atoms with Gasteiger partial charge in [-0.3, -0.25) is 4.90 Å². The minimum absolute atomic E-state index is 0.0403. The molecule has 0 saturated carbocycles. The van der Waals surface area contributed by atoms with Gasteiger partial charge in [-0.25, -0.2) is 9.97 Å². The average molecular weight is 403 g/mol. The number of phenolic OH excluding ortho intramolecular Hbond substituents is 1. The molecule has 1 aliphatic heterocycles. The van der Waals surface area contributed by atoms with Crippen LogP contribution in [0.3, 0.4) is 0 Å². The van der Waals surface area contributed by atoms with Crippen molar-refractivity contribution in [2.75, 3.05) is 12.8 Å². The van der Waals surface area contributed by atoms with E-state index in [0.717, 1.165) is 41.3 Å². The van der Waals surface area contributed by atoms with Crippen LogP contribution in [0.2, 0.25) is 0 Å². The summed E-state index contributed by atoms with van der Waals surface area (Å²) < 4.78 is 0. The Hall–Kier alpha value is -2.83. The van der Waals surface area contributed by atoms with Crippen molar-refractivity contribution in [2.45, 2.75) is 24.2 Å². The zero-order valence-corrected chi connectivity index (χ0v) is 17.0. The number of hydrogen-bond acceptors (Lipinski definition) is 5. The molecule has 0 amide bonds. The van der Waals surface area contributed by atoms with Crippen molar-refractivity contribution in [3.63, 3.8) is 0 Å². The van der Waals surface area contributed by atoms with Crippen molar-refractivity contribution >= 4 is 22.7 Å². The SMILES string of the molecule is CSc1ncc(CN2CCc3c([nH]c4ccccc34)[C@H]2c2cccc(O)c2)cn1. The molecule has 2 N–H and O–H groups in total. The summed E-state index contributed by atoms with van der Waals surface area (Å²) in [5.74, 6) is 0.290. The first kappa shape index (κ1) is 18.2. The van der Waals surface area contributed by atoms with Crippen LogP contribution in [0.25, 0.3) is 10.9 Å². The number of fused-ring (bicyclic) bond motifs is 3. The molecule has 1 atom stereocenters. The van der Waals surface area contributed by atoms with E-state index in [9.17, 15) is 5.11 Å². The summed E-state index contributed by atoms with van der Waals surface area (Å²) >= 11 is 1.55. The zero-order chi connectivity index (χ0) is 19.8. The second-order valence-corrected chi connectivity index (χ2v) is 8.13. The fourth-order valence-corrected chi connectivity index (χ4v) is 4.61. The van der Waals surface area contributed by atoms with Crippen LogP contribution in [0.5, 0.6) is 5.75 Å². The van der Waals surface area contributed by atoms with Gasteiger partial charge in [0.05, 0.1) is 6.04 Å². The van der Waals surface area contributed by atoms with Gasteiger partial charge < -0.3 is 10.1 Å². The van der Waals surface area contributed by atoms with Gasteiger partial charge in [0.15, 0.2) is 5.16 Å². The van der Waals surface area contributed by atoms with Gasteiger partial charge in [0.2, 0.25) is 0 Å². The van der Waals surface area contributed by atoms with Crippen LogP contribution < -0.4 is 0 Å². The topological polar surface area (TPSA) is 65.0 Å². The highest BCUT2D eigenvalue weighted by atomic mass is 32.2. The normalized spacial score (nSPS) is 16.8. The summed E-state index contributed by atoms with van der Waals surface area (Å²) in [6, 6.07) is 16.1. The highest BCUT2D eigenvalue weighted by Gasteiger charge is 2.31. The van der Waals surface area contributed by atoms with Crippen molar-refractivity contribution in [1.82, 2.24) is 19.9 Å². The number of H-pyrrole nitrogens is 1. The predicted octanol–water partition coefficient (Wildman–Crippen LogP) is 4.53. The standard InChI is InChI=1S/C23H22N4OS/c1-29-23-24-12-15(13-25-23)14-27-10-9-19-18-7-2-3-8-20(18)26-21(19)22(27)16-5-4-6-17(28)11-16/h2-8,11-13,22,26,28H,9-10,14H2,1H3/t22-/m1/s1. The third-order valence-electron chi connectivity index (χ3n) is 5.57. The fourth-order valence-electron chi connectivity index (χ4n) is 4.30. The van der Waals surface area contributed by atoms with Gasteiger partial charge in [0.1, 0.15) is 5.75 Å². The van der Waals surface area contributed by atoms with E-state index in [4.69, 9.17) is 0 Å². The van der Waals surface area contributed by atoms with E-state index >= 15 is 0 Å². The maximum Gasteiger partial charge on any atom is 0.187 e. The van der Waals surface area contributed by atoms with Gasteiger partial charge in [-0.05, 0) is 42.0 Å². The number of nitrogens with zero attached hydrogens (tertiary/aromatic N) is 3. The van der Waals surface area contributed by atoms with Crippen LogP contribution in [-0.4, -0.2) is 37.8 Å². The molecule has 2 aromatic carbocycles. The van der Waals surface area contributed by atoms with Gasteiger partial charge >= 0.3 is 0 Å². The summed E-state index contributed by atoms with van der Waals surface area (Å²) in [6.45, 7) is 1.68. The quantitative estimate of drug-likeness (QED) is 0.388. The smallest absolute Gasteiger partial charge is 0.187 e. The van der Waals surface area contributed by atoms with E-state index in [-0.39, 0.29) is 6.04 Å². The minimum Gasteiger partial charge on any atom is -0.508 e. The molecule has 6 heteroatoms. The van der Waals surface area contributed by atoms with Gasteiger partial charge in [-0.2, -0.15) is 0 Å². The summed E-state index contributed by atoms with van der Waals surface area (Å²) in [5.41, 5.74) is 5.92. The monoisotopic (exact) mass is 402 g/mol. The van der Waals surface area contributed by atoms with Crippen molar-refractivity contribution in [3.8, 4) is 5.75 Å². The lowest BCUT2D eigenvalue weighted by Crippen LogP contribution is -2.35. The van der Waals surface area contributed by atoms with Crippen LogP contribution in [0, 0.1) is 0 Å². The van der Waals surface area contributed by atoms with E-state index in [1.54, 1.807) is 17.8 Å². The highest BCUT2D eigenvalue weighted by molar-refractivity contribution is 7.98. The maximum atomic E-state index is 10.1. The van der Waals surface area contributed by atoms with Gasteiger partial charge in [-0.1, -0.05) is 42.1 Å². The highest BCUT2D eigenvalue weighted by Crippen LogP contribution is 2.39. The Balaban J connectivity index is 1.58. The summed E-state index contributed by atoms with van der Waals surface area (Å²) in [5, 5.41) is 12.2. The Morgan fingerprint density at radius 1 is 1.14 bits per heavy atom. The predicted molar refractivity (Wildman–Crippen MR) is 116 cm³/mol. The Kier molecular flexibility index (Phi) is 4.73. The third-order valence-corrected chi connectivity index (χ3v) is 6.15. The number of para-hydroxylation sites is 1. The number of nitrogens with one attached hydrogen (secondary N) is 1. The van der Waals surface area contributed by atoms with Crippen molar-refractivity contribution in [3.05, 3.63) is 83.3 Å². The molecule has 0 radical (unpaired) electrons. The third kappa shape index (κ3) is 3.39. The molecule has 0 fully saturated rings. The van der Waals surface area contributed by atoms with Crippen LogP contribution in [0.15, 0.2) is 66.1 Å². The largest absolute Gasteiger partial charge is 0.508 e. The number of aromatic amines is 1. The molecule has 2 aromatic heterocycles. The molecule has 1 aliphatic rings. The van der Waals surface area contributed by atoms with Crippen molar-refractivity contribution in [1.29, 1.82) is 0 Å². The van der Waals surface area contributed by atoms with E-state index in [1.165, 1.54) is 16.6 Å². The molecular weight excluding hydrogens is 380 g/mol. The number of thioether (sulfide) groups is 1. The summed E-state index contributed by atoms with van der Waals surface area (Å²) in [7, 11) is 0. The van der Waals surface area contributed by atoms with E-state index in [1.807, 2.05) is 30.8 Å². The molecule has 0 spiro atoms. The first-order valence-electron chi connectivity index (χ1n) is 9.70. The molecule has 146 valence electrons. The number of phenols is 1. The fraction of sp³-hybridized carbons (Fsp3) is 0.217. The lowest BCUT2D eigenvalue weighted by atomic mass is 9.92. The van der Waals surface area contributed by atoms with Crippen molar-refractivity contribution in [2.24, 2.45) is 0 Å². The Morgan fingerprint density at radius 2 is 1.97 bits per heavy atom. The number of hydrogen-bond donors (Lipinski definition) is 2. The second kappa shape index (κ2) is 7.54. The number of aromatic hydroxyl groups is 1. The van der Waals surface area contributed by atoms with E-state index in [2.05, 4.69) is 50.2 Å². The lowest BCUT2D eigenvalue weighted by molar-refractivity contribution is 0.201. The molecule has 0 aliphatic carbocycles. The van der Waals surface area contributed by atoms with Crippen molar-refractivity contribution < 1.29 is 5.11 Å². The molecule has 5 nitrogen and oxygen atoms in total. The maximum absolute atomic E-state index is 10.1. The number of aromatic nitrogens is 3. The molecule has 29 heavy (non-hydrogen) atoms. The van der Waals surface area contributed by atoms with E-state index < -0.39 is 0 Å². The van der Waals surface area contributed by atoms with Gasteiger partial charge in [0.25, 0.3) is 0 Å². The Bertz CT molecular complexity index is 1160. The van der Waals surface area contributed by atoms with Crippen LogP contribution >= 0.6 is 11.8 Å². The first-order valence-corrected chi connectivity index (χ1v) is 10.9. The number of rotatable bonds is 4. The van der Waals surface area contributed by atoms with Crippen LogP contribution in [0.4, 0.5) is 0 Å². The molecule has 0 unspecified atom stereocenters. The van der Waals surface area contributed by atoms with Crippen LogP contribution in [-0.2, 0) is 13.0 Å². The molecule has 0 saturated heterocycles. The Morgan fingerprint density at radius 3 is 2.76 bits per heavy atom. The number of benzene rings is 2. The zero-order valence-electron chi connectivity index (χ0n) is 16.2. The Labute approximate surface area is 173 Å². The average Bonchev–Trinajstić information content (AvgIpc) is 3.12. The first-order chi connectivity index (χ1) is 14.2. The minimum atomic E-state index is 0.0403. The van der Waals surface area contributed by atoms with Gasteiger partial charge in [0, 0.05) is 47.6 Å². The molecule has 0 bridgehead atoms. The lowest BCUT2D eigenvalue weighted by Gasteiger charge is -2.36.